The molecule has 0 aliphatic carbocycles. The molecule has 0 heterocycles. The normalized spacial score (nSPS) is 12.5. The monoisotopic (exact) mass is 382 g/mol. The van der Waals surface area contributed by atoms with E-state index in [9.17, 15) is 8.42 Å². The van der Waals surface area contributed by atoms with Crippen LogP contribution in [0.25, 0.3) is 0 Å². The van der Waals surface area contributed by atoms with Crippen LogP contribution >= 0.6 is 23.8 Å². The Kier molecular flexibility index (Phi) is 6.21. The summed E-state index contributed by atoms with van der Waals surface area (Å²) < 4.78 is 23.1. The molecule has 0 aliphatic heterocycles. The van der Waals surface area contributed by atoms with Gasteiger partial charge < -0.3 is 10.6 Å². The highest BCUT2D eigenvalue weighted by Crippen LogP contribution is 2.20. The first kappa shape index (κ1) is 18.7. The predicted octanol–water partition coefficient (Wildman–Crippen LogP) is 4.18. The summed E-state index contributed by atoms with van der Waals surface area (Å²) in [5.74, 6) is 0. The summed E-state index contributed by atoms with van der Waals surface area (Å²) in [5, 5.41) is 7.51. The molecule has 2 rings (SSSR count). The molecule has 1 unspecified atom stereocenters. The van der Waals surface area contributed by atoms with Crippen molar-refractivity contribution in [1.29, 1.82) is 0 Å². The Morgan fingerprint density at radius 3 is 2.21 bits per heavy atom. The fourth-order valence-electron chi connectivity index (χ4n) is 2.23. The molecule has 2 aromatic carbocycles. The molecule has 4 nitrogen and oxygen atoms in total. The molecular formula is C17H19ClN2O2S2. The highest BCUT2D eigenvalue weighted by Gasteiger charge is 2.13. The van der Waals surface area contributed by atoms with Gasteiger partial charge in [-0.2, -0.15) is 0 Å². The average Bonchev–Trinajstić information content (AvgIpc) is 2.54. The molecule has 24 heavy (non-hydrogen) atoms. The van der Waals surface area contributed by atoms with Crippen molar-refractivity contribution in [2.45, 2.75) is 24.3 Å². The van der Waals surface area contributed by atoms with Crippen molar-refractivity contribution in [2.75, 3.05) is 11.6 Å². The lowest BCUT2D eigenvalue weighted by Crippen LogP contribution is -2.32. The average molecular weight is 383 g/mol. The van der Waals surface area contributed by atoms with E-state index < -0.39 is 9.84 Å². The van der Waals surface area contributed by atoms with Crippen LogP contribution in [0, 0.1) is 0 Å². The number of rotatable bonds is 5. The summed E-state index contributed by atoms with van der Waals surface area (Å²) in [6, 6.07) is 14.1. The molecule has 0 saturated heterocycles. The van der Waals surface area contributed by atoms with Crippen LogP contribution in [-0.2, 0) is 9.84 Å². The zero-order chi connectivity index (χ0) is 17.7. The van der Waals surface area contributed by atoms with Gasteiger partial charge in [-0.15, -0.1) is 0 Å². The van der Waals surface area contributed by atoms with Crippen LogP contribution < -0.4 is 10.6 Å². The number of anilines is 1. The number of hydrogen-bond donors (Lipinski definition) is 2. The SMILES string of the molecule is CCC(NC(=S)Nc1ccc(Cl)cc1)c1ccc(S(C)(=O)=O)cc1. The largest absolute Gasteiger partial charge is 0.356 e. The molecule has 2 N–H and O–H groups in total. The van der Waals surface area contributed by atoms with Gasteiger partial charge in [-0.3, -0.25) is 0 Å². The summed E-state index contributed by atoms with van der Waals surface area (Å²) in [4.78, 5) is 0.308. The van der Waals surface area contributed by atoms with Crippen molar-refractivity contribution in [2.24, 2.45) is 0 Å². The Morgan fingerprint density at radius 1 is 1.12 bits per heavy atom. The second-order valence-electron chi connectivity index (χ2n) is 5.41. The maximum atomic E-state index is 11.5. The quantitative estimate of drug-likeness (QED) is 0.759. The lowest BCUT2D eigenvalue weighted by atomic mass is 10.1. The third-order valence-electron chi connectivity index (χ3n) is 3.53. The maximum Gasteiger partial charge on any atom is 0.175 e. The third-order valence-corrected chi connectivity index (χ3v) is 5.13. The van der Waals surface area contributed by atoms with Gasteiger partial charge in [0, 0.05) is 17.0 Å². The maximum absolute atomic E-state index is 11.5. The number of halogens is 1. The van der Waals surface area contributed by atoms with E-state index in [-0.39, 0.29) is 6.04 Å². The molecule has 0 fully saturated rings. The van der Waals surface area contributed by atoms with Crippen molar-refractivity contribution in [3.05, 3.63) is 59.1 Å². The number of benzene rings is 2. The van der Waals surface area contributed by atoms with Gasteiger partial charge >= 0.3 is 0 Å². The van der Waals surface area contributed by atoms with Gasteiger partial charge in [0.15, 0.2) is 14.9 Å². The van der Waals surface area contributed by atoms with Crippen molar-refractivity contribution >= 4 is 44.5 Å². The lowest BCUT2D eigenvalue weighted by molar-refractivity contribution is 0.601. The van der Waals surface area contributed by atoms with Gasteiger partial charge in [-0.05, 0) is 60.6 Å². The molecule has 2 aromatic rings. The van der Waals surface area contributed by atoms with Crippen LogP contribution in [0.15, 0.2) is 53.4 Å². The molecule has 0 amide bonds. The van der Waals surface area contributed by atoms with Crippen molar-refractivity contribution in [1.82, 2.24) is 5.32 Å². The van der Waals surface area contributed by atoms with E-state index >= 15 is 0 Å². The summed E-state index contributed by atoms with van der Waals surface area (Å²) in [6.07, 6.45) is 2.00. The van der Waals surface area contributed by atoms with Crippen LogP contribution in [-0.4, -0.2) is 19.8 Å². The number of thiocarbonyl (C=S) groups is 1. The van der Waals surface area contributed by atoms with Gasteiger partial charge in [0.25, 0.3) is 0 Å². The van der Waals surface area contributed by atoms with Crippen LogP contribution in [0.5, 0.6) is 0 Å². The second-order valence-corrected chi connectivity index (χ2v) is 8.27. The Bertz CT molecular complexity index is 803. The van der Waals surface area contributed by atoms with Crippen LogP contribution in [0.3, 0.4) is 0 Å². The number of sulfone groups is 1. The smallest absolute Gasteiger partial charge is 0.175 e. The van der Waals surface area contributed by atoms with E-state index in [1.807, 2.05) is 31.2 Å². The van der Waals surface area contributed by atoms with Crippen LogP contribution in [0.2, 0.25) is 5.02 Å². The first-order valence-corrected chi connectivity index (χ1v) is 10.1. The molecular weight excluding hydrogens is 364 g/mol. The van der Waals surface area contributed by atoms with Gasteiger partial charge in [0.05, 0.1) is 10.9 Å². The van der Waals surface area contributed by atoms with Gasteiger partial charge in [-0.1, -0.05) is 30.7 Å². The highest BCUT2D eigenvalue weighted by atomic mass is 35.5. The zero-order valence-corrected chi connectivity index (χ0v) is 15.8. The van der Waals surface area contributed by atoms with Gasteiger partial charge in [0.1, 0.15) is 0 Å². The molecule has 0 aliphatic rings. The van der Waals surface area contributed by atoms with Gasteiger partial charge in [-0.25, -0.2) is 8.42 Å². The fourth-order valence-corrected chi connectivity index (χ4v) is 3.24. The Labute approximate surface area is 153 Å². The minimum Gasteiger partial charge on any atom is -0.356 e. The van der Waals surface area contributed by atoms with E-state index in [2.05, 4.69) is 10.6 Å². The zero-order valence-electron chi connectivity index (χ0n) is 13.4. The number of hydrogen-bond acceptors (Lipinski definition) is 3. The Hall–Kier alpha value is -1.63. The molecule has 0 aromatic heterocycles. The number of nitrogens with one attached hydrogen (secondary N) is 2. The second kappa shape index (κ2) is 7.96. The molecule has 128 valence electrons. The Balaban J connectivity index is 2.05. The summed E-state index contributed by atoms with van der Waals surface area (Å²) >= 11 is 11.2. The highest BCUT2D eigenvalue weighted by molar-refractivity contribution is 7.90. The topological polar surface area (TPSA) is 58.2 Å². The molecule has 7 heteroatoms. The molecule has 0 radical (unpaired) electrons. The Morgan fingerprint density at radius 2 is 1.71 bits per heavy atom. The molecule has 1 atom stereocenters. The lowest BCUT2D eigenvalue weighted by Gasteiger charge is -2.20. The molecule has 0 spiro atoms. The minimum atomic E-state index is -3.19. The predicted molar refractivity (Wildman–Crippen MR) is 103 cm³/mol. The van der Waals surface area contributed by atoms with Crippen LogP contribution in [0.1, 0.15) is 24.9 Å². The molecule has 0 saturated carbocycles. The summed E-state index contributed by atoms with van der Waals surface area (Å²) in [6.45, 7) is 2.03. The summed E-state index contributed by atoms with van der Waals surface area (Å²) in [5.41, 5.74) is 1.82. The fraction of sp³-hybridized carbons (Fsp3) is 0.235. The van der Waals surface area contributed by atoms with E-state index in [1.165, 1.54) is 6.26 Å². The minimum absolute atomic E-state index is 0.00842. The standard InChI is InChI=1S/C17H19ClN2O2S2/c1-3-16(12-4-10-15(11-5-12)24(2,21)22)20-17(23)19-14-8-6-13(18)7-9-14/h4-11,16H,3H2,1-2H3,(H2,19,20,23). The van der Waals surface area contributed by atoms with E-state index in [1.54, 1.807) is 24.3 Å². The van der Waals surface area contributed by atoms with Gasteiger partial charge in [0.2, 0.25) is 0 Å². The third kappa shape index (κ3) is 5.19. The van der Waals surface area contributed by atoms with Crippen molar-refractivity contribution in [3.63, 3.8) is 0 Å². The summed E-state index contributed by atoms with van der Waals surface area (Å²) in [7, 11) is -3.19. The first-order chi connectivity index (χ1) is 11.3. The van der Waals surface area contributed by atoms with Crippen molar-refractivity contribution < 1.29 is 8.42 Å². The van der Waals surface area contributed by atoms with E-state index in [0.717, 1.165) is 17.7 Å². The molecule has 0 bridgehead atoms. The first-order valence-electron chi connectivity index (χ1n) is 7.42. The van der Waals surface area contributed by atoms with E-state index in [0.29, 0.717) is 15.0 Å². The van der Waals surface area contributed by atoms with Crippen molar-refractivity contribution in [3.8, 4) is 0 Å². The van der Waals surface area contributed by atoms with E-state index in [4.69, 9.17) is 23.8 Å². The van der Waals surface area contributed by atoms with Crippen LogP contribution in [0.4, 0.5) is 5.69 Å².